The molecule has 0 radical (unpaired) electrons. The fourth-order valence-corrected chi connectivity index (χ4v) is 7.70. The van der Waals surface area contributed by atoms with Crippen molar-refractivity contribution in [2.75, 3.05) is 57.4 Å². The number of para-hydroxylation sites is 1. The van der Waals surface area contributed by atoms with Gasteiger partial charge in [0.05, 0.1) is 6.04 Å². The highest BCUT2D eigenvalue weighted by Crippen LogP contribution is 2.36. The van der Waals surface area contributed by atoms with E-state index >= 15 is 0 Å². The number of nitrogens with zero attached hydrogens (tertiary/aromatic N) is 3. The van der Waals surface area contributed by atoms with Crippen molar-refractivity contribution in [3.63, 3.8) is 0 Å². The van der Waals surface area contributed by atoms with Crippen LogP contribution in [-0.2, 0) is 4.74 Å². The minimum atomic E-state index is 0.572. The Morgan fingerprint density at radius 2 is 1.78 bits per heavy atom. The molecule has 3 unspecified atom stereocenters. The molecule has 3 saturated heterocycles. The third-order valence-electron chi connectivity index (χ3n) is 9.98. The van der Waals surface area contributed by atoms with E-state index in [0.717, 1.165) is 31.0 Å². The maximum atomic E-state index is 5.60. The first-order chi connectivity index (χ1) is 18.2. The Morgan fingerprint density at radius 1 is 0.892 bits per heavy atom. The summed E-state index contributed by atoms with van der Waals surface area (Å²) in [7, 11) is 0. The molecule has 5 aliphatic rings. The van der Waals surface area contributed by atoms with Crippen molar-refractivity contribution in [1.29, 1.82) is 0 Å². The zero-order chi connectivity index (χ0) is 25.0. The van der Waals surface area contributed by atoms with Gasteiger partial charge in [-0.2, -0.15) is 0 Å². The first-order valence-electron chi connectivity index (χ1n) is 15.2. The number of aryl methyl sites for hydroxylation is 1. The van der Waals surface area contributed by atoms with Gasteiger partial charge in [-0.05, 0) is 106 Å². The largest absolute Gasteiger partial charge is 0.381 e. The van der Waals surface area contributed by atoms with Crippen LogP contribution in [0, 0.1) is 24.7 Å². The summed E-state index contributed by atoms with van der Waals surface area (Å²) in [5.41, 5.74) is 6.06. The lowest BCUT2D eigenvalue weighted by molar-refractivity contribution is 0.0477. The van der Waals surface area contributed by atoms with Crippen molar-refractivity contribution in [3.05, 3.63) is 65.4 Å². The number of likely N-dealkylation sites (tertiary alicyclic amines) is 1. The van der Waals surface area contributed by atoms with Crippen molar-refractivity contribution < 1.29 is 4.74 Å². The number of rotatable bonds is 7. The molecule has 4 aliphatic heterocycles. The summed E-state index contributed by atoms with van der Waals surface area (Å²) in [6, 6.07) is 9.48. The van der Waals surface area contributed by atoms with Crippen LogP contribution < -0.4 is 4.90 Å². The molecule has 3 fully saturated rings. The molecule has 4 nitrogen and oxygen atoms in total. The lowest BCUT2D eigenvalue weighted by atomic mass is 9.85. The van der Waals surface area contributed by atoms with Crippen molar-refractivity contribution in [3.8, 4) is 0 Å². The molecule has 6 rings (SSSR count). The van der Waals surface area contributed by atoms with E-state index in [-0.39, 0.29) is 0 Å². The Balaban J connectivity index is 0.978. The molecule has 0 bridgehead atoms. The Bertz CT molecular complexity index is 1010. The van der Waals surface area contributed by atoms with Crippen molar-refractivity contribution in [2.24, 2.45) is 17.8 Å². The van der Waals surface area contributed by atoms with Gasteiger partial charge in [0.2, 0.25) is 0 Å². The van der Waals surface area contributed by atoms with Crippen LogP contribution in [0.4, 0.5) is 5.69 Å². The fraction of sp³-hybridized carbons (Fsp3) is 0.636. The van der Waals surface area contributed by atoms with Gasteiger partial charge in [0.1, 0.15) is 0 Å². The molecule has 1 aromatic rings. The number of benzene rings is 1. The molecule has 0 aromatic heterocycles. The van der Waals surface area contributed by atoms with Gasteiger partial charge in [-0.3, -0.25) is 0 Å². The summed E-state index contributed by atoms with van der Waals surface area (Å²) >= 11 is 0. The van der Waals surface area contributed by atoms with Gasteiger partial charge < -0.3 is 19.4 Å². The standard InChI is InChI=1S/C33H47N3O/c1-26-5-2-3-7-32(26)35-15-4-6-27(10-17-35)23-28-8-9-30-12-18-36(33(30)24-28)20-19-34-16-11-31(25-34)29-13-21-37-22-14-29/h2-3,5,7-9,12,18,27,29,31,33H,4,6,10-11,13-17,19-25H2,1H3. The summed E-state index contributed by atoms with van der Waals surface area (Å²) in [5.74, 6) is 2.63. The lowest BCUT2D eigenvalue weighted by Crippen LogP contribution is -2.37. The Kier molecular flexibility index (Phi) is 8.04. The predicted octanol–water partition coefficient (Wildman–Crippen LogP) is 6.19. The summed E-state index contributed by atoms with van der Waals surface area (Å²) < 4.78 is 5.60. The van der Waals surface area contributed by atoms with Crippen molar-refractivity contribution in [2.45, 2.75) is 64.3 Å². The van der Waals surface area contributed by atoms with E-state index in [4.69, 9.17) is 4.74 Å². The molecule has 37 heavy (non-hydrogen) atoms. The molecule has 1 aromatic carbocycles. The van der Waals surface area contributed by atoms with E-state index in [1.165, 1.54) is 107 Å². The van der Waals surface area contributed by atoms with Gasteiger partial charge in [-0.25, -0.2) is 0 Å². The first kappa shape index (κ1) is 25.2. The van der Waals surface area contributed by atoms with Gasteiger partial charge in [0, 0.05) is 57.8 Å². The highest BCUT2D eigenvalue weighted by Gasteiger charge is 2.32. The lowest BCUT2D eigenvalue weighted by Gasteiger charge is -2.32. The number of hydrogen-bond donors (Lipinski definition) is 0. The van der Waals surface area contributed by atoms with Gasteiger partial charge in [-0.1, -0.05) is 35.9 Å². The SMILES string of the molecule is Cc1ccccc1N1CCCC(CC2=CC=C3C=CN(CCN4CCC(C5CCOCC5)C4)C3C2)CC1. The topological polar surface area (TPSA) is 19.0 Å². The summed E-state index contributed by atoms with van der Waals surface area (Å²) in [6.45, 7) is 11.6. The number of anilines is 1. The van der Waals surface area contributed by atoms with Crippen molar-refractivity contribution >= 4 is 5.69 Å². The molecule has 0 N–H and O–H groups in total. The van der Waals surface area contributed by atoms with E-state index < -0.39 is 0 Å². The molecule has 0 spiro atoms. The minimum Gasteiger partial charge on any atom is -0.381 e. The van der Waals surface area contributed by atoms with Crippen LogP contribution in [-0.4, -0.2) is 68.3 Å². The molecule has 3 atom stereocenters. The molecular formula is C33H47N3O. The summed E-state index contributed by atoms with van der Waals surface area (Å²) in [6.07, 6.45) is 20.1. The zero-order valence-electron chi connectivity index (χ0n) is 23.0. The van der Waals surface area contributed by atoms with Crippen LogP contribution in [0.2, 0.25) is 0 Å². The molecule has 4 heterocycles. The Labute approximate surface area is 225 Å². The fourth-order valence-electron chi connectivity index (χ4n) is 7.70. The number of allylic oxidation sites excluding steroid dienone is 2. The smallest absolute Gasteiger partial charge is 0.0575 e. The molecular weight excluding hydrogens is 454 g/mol. The van der Waals surface area contributed by atoms with E-state index in [1.807, 2.05) is 0 Å². The average Bonchev–Trinajstić information content (AvgIpc) is 3.50. The number of ether oxygens (including phenoxy) is 1. The van der Waals surface area contributed by atoms with E-state index in [1.54, 1.807) is 5.57 Å². The molecule has 4 heteroatoms. The van der Waals surface area contributed by atoms with Crippen LogP contribution in [0.15, 0.2) is 59.8 Å². The second kappa shape index (κ2) is 11.8. The number of fused-ring (bicyclic) bond motifs is 1. The van der Waals surface area contributed by atoms with E-state index in [9.17, 15) is 0 Å². The van der Waals surface area contributed by atoms with Gasteiger partial charge in [0.25, 0.3) is 0 Å². The monoisotopic (exact) mass is 501 g/mol. The predicted molar refractivity (Wildman–Crippen MR) is 154 cm³/mol. The van der Waals surface area contributed by atoms with Gasteiger partial charge in [0.15, 0.2) is 0 Å². The molecule has 1 aliphatic carbocycles. The second-order valence-electron chi connectivity index (χ2n) is 12.3. The zero-order valence-corrected chi connectivity index (χ0v) is 23.0. The molecule has 200 valence electrons. The molecule has 0 amide bonds. The van der Waals surface area contributed by atoms with Gasteiger partial charge >= 0.3 is 0 Å². The highest BCUT2D eigenvalue weighted by atomic mass is 16.5. The Hall–Kier alpha value is -2.04. The number of hydrogen-bond acceptors (Lipinski definition) is 4. The quantitative estimate of drug-likeness (QED) is 0.443. The average molecular weight is 502 g/mol. The van der Waals surface area contributed by atoms with Crippen LogP contribution in [0.25, 0.3) is 0 Å². The summed E-state index contributed by atoms with van der Waals surface area (Å²) in [4.78, 5) is 8.02. The van der Waals surface area contributed by atoms with E-state index in [0.29, 0.717) is 6.04 Å². The normalized spacial score (nSPS) is 29.3. The molecule has 0 saturated carbocycles. The maximum Gasteiger partial charge on any atom is 0.0575 e. The van der Waals surface area contributed by atoms with Crippen LogP contribution in [0.3, 0.4) is 0 Å². The Morgan fingerprint density at radius 3 is 2.68 bits per heavy atom. The first-order valence-corrected chi connectivity index (χ1v) is 15.2. The highest BCUT2D eigenvalue weighted by molar-refractivity contribution is 5.53. The van der Waals surface area contributed by atoms with Crippen molar-refractivity contribution in [1.82, 2.24) is 9.80 Å². The van der Waals surface area contributed by atoms with Crippen LogP contribution in [0.1, 0.15) is 56.9 Å². The summed E-state index contributed by atoms with van der Waals surface area (Å²) in [5, 5.41) is 0. The minimum absolute atomic E-state index is 0.572. The van der Waals surface area contributed by atoms with Gasteiger partial charge in [-0.15, -0.1) is 0 Å². The van der Waals surface area contributed by atoms with E-state index in [2.05, 4.69) is 70.3 Å². The maximum absolute atomic E-state index is 5.60. The third-order valence-corrected chi connectivity index (χ3v) is 9.98. The van der Waals surface area contributed by atoms with Crippen LogP contribution in [0.5, 0.6) is 0 Å². The van der Waals surface area contributed by atoms with Crippen LogP contribution >= 0.6 is 0 Å². The third kappa shape index (κ3) is 6.01. The second-order valence-corrected chi connectivity index (χ2v) is 12.3.